The summed E-state index contributed by atoms with van der Waals surface area (Å²) in [5.74, 6) is 0. The molecule has 0 aliphatic rings. The Bertz CT molecular complexity index is 851. The summed E-state index contributed by atoms with van der Waals surface area (Å²) in [6, 6.07) is 24.7. The molecule has 0 nitrogen and oxygen atoms in total. The molecule has 0 aliphatic carbocycles. The van der Waals surface area contributed by atoms with Crippen LogP contribution >= 0.6 is 0 Å². The smallest absolute Gasteiger partial charge is 0.0233 e. The lowest BCUT2D eigenvalue weighted by Gasteiger charge is -1.95. The molecule has 3 aromatic rings. The Hall–Kier alpha value is -3.12. The minimum Gasteiger partial charge on any atom is -0.0985 e. The molecule has 0 heteroatoms. The van der Waals surface area contributed by atoms with Crippen molar-refractivity contribution in [3.8, 4) is 0 Å². The van der Waals surface area contributed by atoms with Crippen LogP contribution < -0.4 is 0 Å². The zero-order chi connectivity index (χ0) is 20.1. The van der Waals surface area contributed by atoms with Gasteiger partial charge < -0.3 is 0 Å². The molecular weight excluding hydrogens is 336 g/mol. The van der Waals surface area contributed by atoms with Crippen molar-refractivity contribution in [3.63, 3.8) is 0 Å². The third-order valence-corrected chi connectivity index (χ3v) is 4.00. The molecule has 28 heavy (non-hydrogen) atoms. The number of aryl methyl sites for hydroxylation is 3. The maximum Gasteiger partial charge on any atom is -0.0233 e. The molecule has 0 saturated carbocycles. The van der Waals surface area contributed by atoms with Gasteiger partial charge in [0.1, 0.15) is 0 Å². The number of hydrogen-bond acceptors (Lipinski definition) is 0. The average molecular weight is 370 g/mol. The fourth-order valence-electron chi connectivity index (χ4n) is 2.32. The molecule has 0 N–H and O–H groups in total. The van der Waals surface area contributed by atoms with Crippen LogP contribution in [0.3, 0.4) is 0 Å². The van der Waals surface area contributed by atoms with Gasteiger partial charge in [-0.05, 0) is 43.0 Å². The molecule has 0 bridgehead atoms. The summed E-state index contributed by atoms with van der Waals surface area (Å²) in [6.45, 7) is 17.3. The summed E-state index contributed by atoms with van der Waals surface area (Å²) in [5, 5.41) is 0. The van der Waals surface area contributed by atoms with E-state index in [1.807, 2.05) is 42.5 Å². The van der Waals surface area contributed by atoms with Crippen LogP contribution in [0.25, 0.3) is 18.2 Å². The van der Waals surface area contributed by atoms with Gasteiger partial charge in [0.05, 0.1) is 0 Å². The topological polar surface area (TPSA) is 0 Å². The van der Waals surface area contributed by atoms with Gasteiger partial charge in [0, 0.05) is 0 Å². The summed E-state index contributed by atoms with van der Waals surface area (Å²) in [5.41, 5.74) is 7.45. The van der Waals surface area contributed by atoms with Gasteiger partial charge in [0.15, 0.2) is 0 Å². The maximum absolute atomic E-state index is 3.69. The van der Waals surface area contributed by atoms with E-state index in [2.05, 4.69) is 89.0 Å². The van der Waals surface area contributed by atoms with Crippen LogP contribution in [0.1, 0.15) is 33.4 Å². The fourth-order valence-corrected chi connectivity index (χ4v) is 2.32. The molecule has 1 radical (unpaired) electrons. The van der Waals surface area contributed by atoms with Crippen LogP contribution in [0.15, 0.2) is 92.5 Å². The van der Waals surface area contributed by atoms with Gasteiger partial charge in [-0.2, -0.15) is 0 Å². The summed E-state index contributed by atoms with van der Waals surface area (Å²) >= 11 is 0. The molecule has 0 saturated heterocycles. The number of benzene rings is 3. The van der Waals surface area contributed by atoms with Crippen molar-refractivity contribution in [2.45, 2.75) is 20.8 Å². The lowest BCUT2D eigenvalue weighted by Crippen LogP contribution is -1.75. The largest absolute Gasteiger partial charge is 0.0985 e. The summed E-state index contributed by atoms with van der Waals surface area (Å²) in [4.78, 5) is 0. The first-order valence-electron chi connectivity index (χ1n) is 9.06. The molecule has 0 spiro atoms. The molecule has 0 fully saturated rings. The molecule has 0 atom stereocenters. The van der Waals surface area contributed by atoms with E-state index in [0.29, 0.717) is 0 Å². The van der Waals surface area contributed by atoms with E-state index in [0.717, 1.165) is 0 Å². The zero-order valence-corrected chi connectivity index (χ0v) is 17.8. The van der Waals surface area contributed by atoms with Gasteiger partial charge in [0.2, 0.25) is 0 Å². The first kappa shape index (κ1) is 24.9. The minimum absolute atomic E-state index is 0. The van der Waals surface area contributed by atoms with Gasteiger partial charge in [-0.15, -0.1) is 0 Å². The minimum atomic E-state index is 0. The molecule has 3 aromatic carbocycles. The first-order valence-corrected chi connectivity index (χ1v) is 9.06. The second-order valence-corrected chi connectivity index (χ2v) is 6.29. The molecule has 0 aliphatic heterocycles. The van der Waals surface area contributed by atoms with Crippen LogP contribution in [0.5, 0.6) is 0 Å². The van der Waals surface area contributed by atoms with Crippen LogP contribution in [0.4, 0.5) is 0 Å². The van der Waals surface area contributed by atoms with Crippen molar-refractivity contribution in [1.29, 1.82) is 0 Å². The van der Waals surface area contributed by atoms with Crippen LogP contribution in [0, 0.1) is 28.2 Å². The van der Waals surface area contributed by atoms with E-state index in [-0.39, 0.29) is 7.43 Å². The van der Waals surface area contributed by atoms with Crippen LogP contribution in [-0.2, 0) is 0 Å². The maximum atomic E-state index is 3.69. The highest BCUT2D eigenvalue weighted by Gasteiger charge is 1.87. The highest BCUT2D eigenvalue weighted by atomic mass is 13.9. The molecule has 0 heterocycles. The predicted molar refractivity (Wildman–Crippen MR) is 130 cm³/mol. The standard InChI is InChI=1S/3C9H10.CH3/c1-3-9-6-4-8(2)5-7-9;1-3-9-6-4-5-8(2)7-9;1-3-9-7-5-4-6-8(9)2;/h3*3-7H,1H2,2H3;1H3. The first-order chi connectivity index (χ1) is 13.0. The Balaban J connectivity index is 0.000000384. The highest BCUT2D eigenvalue weighted by Crippen LogP contribution is 2.07. The van der Waals surface area contributed by atoms with Gasteiger partial charge in [-0.3, -0.25) is 0 Å². The third-order valence-electron chi connectivity index (χ3n) is 4.00. The van der Waals surface area contributed by atoms with Gasteiger partial charge in [-0.1, -0.05) is 129 Å². The van der Waals surface area contributed by atoms with Crippen molar-refractivity contribution in [2.24, 2.45) is 0 Å². The Labute approximate surface area is 172 Å². The quantitative estimate of drug-likeness (QED) is 0.435. The van der Waals surface area contributed by atoms with Gasteiger partial charge in [0.25, 0.3) is 0 Å². The monoisotopic (exact) mass is 369 g/mol. The van der Waals surface area contributed by atoms with E-state index in [1.54, 1.807) is 0 Å². The normalized spacial score (nSPS) is 8.68. The Kier molecular flexibility index (Phi) is 12.4. The van der Waals surface area contributed by atoms with Gasteiger partial charge in [-0.25, -0.2) is 0 Å². The second-order valence-electron chi connectivity index (χ2n) is 6.29. The van der Waals surface area contributed by atoms with Crippen molar-refractivity contribution >= 4 is 18.2 Å². The van der Waals surface area contributed by atoms with Crippen molar-refractivity contribution in [2.75, 3.05) is 0 Å². The van der Waals surface area contributed by atoms with E-state index in [4.69, 9.17) is 0 Å². The molecule has 0 aromatic heterocycles. The van der Waals surface area contributed by atoms with E-state index < -0.39 is 0 Å². The number of hydrogen-bond donors (Lipinski definition) is 0. The van der Waals surface area contributed by atoms with Crippen molar-refractivity contribution < 1.29 is 0 Å². The third kappa shape index (κ3) is 9.54. The highest BCUT2D eigenvalue weighted by molar-refractivity contribution is 5.51. The Morgan fingerprint density at radius 3 is 1.61 bits per heavy atom. The fraction of sp³-hybridized carbons (Fsp3) is 0.107. The Morgan fingerprint density at radius 2 is 1.18 bits per heavy atom. The molecule has 3 rings (SSSR count). The lowest BCUT2D eigenvalue weighted by molar-refractivity contribution is 1.45. The summed E-state index contributed by atoms with van der Waals surface area (Å²) < 4.78 is 0. The predicted octanol–water partition coefficient (Wildman–Crippen LogP) is 8.36. The second kappa shape index (κ2) is 14.0. The lowest BCUT2D eigenvalue weighted by atomic mass is 10.1. The van der Waals surface area contributed by atoms with E-state index in [9.17, 15) is 0 Å². The van der Waals surface area contributed by atoms with Gasteiger partial charge >= 0.3 is 0 Å². The molecule has 0 unspecified atom stereocenters. The van der Waals surface area contributed by atoms with E-state index >= 15 is 0 Å². The van der Waals surface area contributed by atoms with Crippen LogP contribution in [-0.4, -0.2) is 0 Å². The summed E-state index contributed by atoms with van der Waals surface area (Å²) in [7, 11) is 0. The Morgan fingerprint density at radius 1 is 0.571 bits per heavy atom. The molecule has 0 amide bonds. The molecule has 145 valence electrons. The zero-order valence-electron chi connectivity index (χ0n) is 17.8. The SMILES string of the molecule is C=Cc1ccc(C)cc1.C=Cc1cccc(C)c1.C=Cc1ccccc1C.[CH3]. The van der Waals surface area contributed by atoms with E-state index in [1.165, 1.54) is 33.4 Å². The van der Waals surface area contributed by atoms with Crippen molar-refractivity contribution in [3.05, 3.63) is 133 Å². The summed E-state index contributed by atoms with van der Waals surface area (Å²) in [6.07, 6.45) is 5.57. The van der Waals surface area contributed by atoms with Crippen molar-refractivity contribution in [1.82, 2.24) is 0 Å². The van der Waals surface area contributed by atoms with Crippen LogP contribution in [0.2, 0.25) is 0 Å². The average Bonchev–Trinajstić information content (AvgIpc) is 2.70. The number of rotatable bonds is 3. The molecular formula is C28H33.